The number of nitrogens with zero attached hydrogens (tertiary/aromatic N) is 3. The van der Waals surface area contributed by atoms with Crippen LogP contribution in [0.2, 0.25) is 0 Å². The van der Waals surface area contributed by atoms with E-state index < -0.39 is 17.5 Å². The summed E-state index contributed by atoms with van der Waals surface area (Å²) >= 11 is 0. The van der Waals surface area contributed by atoms with E-state index in [0.29, 0.717) is 11.1 Å². The molecule has 28 heavy (non-hydrogen) atoms. The quantitative estimate of drug-likeness (QED) is 0.590. The second kappa shape index (κ2) is 7.15. The summed E-state index contributed by atoms with van der Waals surface area (Å²) in [5, 5.41) is 4.34. The first-order chi connectivity index (χ1) is 13.5. The van der Waals surface area contributed by atoms with Gasteiger partial charge in [-0.1, -0.05) is 36.4 Å². The highest BCUT2D eigenvalue weighted by atomic mass is 19.3. The molecule has 0 aliphatic rings. The van der Waals surface area contributed by atoms with Crippen LogP contribution in [0.25, 0.3) is 22.2 Å². The lowest BCUT2D eigenvalue weighted by molar-refractivity contribution is 0.146. The third kappa shape index (κ3) is 3.32. The maximum Gasteiger partial charge on any atom is 0.280 e. The summed E-state index contributed by atoms with van der Waals surface area (Å²) in [7, 11) is 0. The Labute approximate surface area is 157 Å². The molecule has 0 aliphatic carbocycles. The van der Waals surface area contributed by atoms with Crippen molar-refractivity contribution in [2.24, 2.45) is 0 Å². The number of rotatable bonds is 4. The zero-order valence-corrected chi connectivity index (χ0v) is 14.5. The fourth-order valence-corrected chi connectivity index (χ4v) is 2.97. The van der Waals surface area contributed by atoms with Crippen LogP contribution in [0.3, 0.4) is 0 Å². The summed E-state index contributed by atoms with van der Waals surface area (Å²) in [6, 6.07) is 14.7. The van der Waals surface area contributed by atoms with Gasteiger partial charge in [0, 0.05) is 17.8 Å². The number of pyridine rings is 2. The third-order valence-corrected chi connectivity index (χ3v) is 4.30. The molecule has 0 saturated carbocycles. The first-order valence-corrected chi connectivity index (χ1v) is 8.45. The fraction of sp³-hybridized carbons (Fsp3) is 0.100. The molecule has 0 saturated heterocycles. The smallest absolute Gasteiger partial charge is 0.280 e. The van der Waals surface area contributed by atoms with Gasteiger partial charge in [-0.05, 0) is 17.7 Å². The van der Waals surface area contributed by atoms with Crippen LogP contribution >= 0.6 is 0 Å². The standard InChI is InChI=1S/C20H14F2N4O2/c21-19(22)15-7-6-13(10-23-15)17-18-14(8-9-16(27)24-18)25-26(20(17)28)11-12-4-2-1-3-5-12/h1-10,19H,11H2,(H,24,27). The van der Waals surface area contributed by atoms with Crippen molar-refractivity contribution in [2.45, 2.75) is 13.0 Å². The van der Waals surface area contributed by atoms with Gasteiger partial charge in [0.15, 0.2) is 0 Å². The lowest BCUT2D eigenvalue weighted by Crippen LogP contribution is -2.26. The third-order valence-electron chi connectivity index (χ3n) is 4.30. The van der Waals surface area contributed by atoms with E-state index in [-0.39, 0.29) is 23.3 Å². The highest BCUT2D eigenvalue weighted by Crippen LogP contribution is 2.24. The van der Waals surface area contributed by atoms with Crippen molar-refractivity contribution in [3.05, 3.63) is 92.8 Å². The number of nitrogens with one attached hydrogen (secondary N) is 1. The fourth-order valence-electron chi connectivity index (χ4n) is 2.97. The second-order valence-electron chi connectivity index (χ2n) is 6.18. The molecule has 0 atom stereocenters. The minimum absolute atomic E-state index is 0.159. The van der Waals surface area contributed by atoms with Crippen molar-refractivity contribution in [2.75, 3.05) is 0 Å². The van der Waals surface area contributed by atoms with Gasteiger partial charge in [0.25, 0.3) is 12.0 Å². The Kier molecular flexibility index (Phi) is 4.52. The number of aromatic nitrogens is 4. The Morgan fingerprint density at radius 1 is 1.00 bits per heavy atom. The average molecular weight is 380 g/mol. The average Bonchev–Trinajstić information content (AvgIpc) is 2.70. The number of H-pyrrole nitrogens is 1. The Morgan fingerprint density at radius 3 is 2.46 bits per heavy atom. The molecule has 140 valence electrons. The number of fused-ring (bicyclic) bond motifs is 1. The number of benzene rings is 1. The number of aromatic amines is 1. The molecule has 0 fully saturated rings. The summed E-state index contributed by atoms with van der Waals surface area (Å²) in [5.41, 5.74) is 0.768. The topological polar surface area (TPSA) is 80.6 Å². The normalized spacial score (nSPS) is 11.2. The van der Waals surface area contributed by atoms with Crippen LogP contribution in [-0.4, -0.2) is 19.7 Å². The van der Waals surface area contributed by atoms with Crippen molar-refractivity contribution in [3.63, 3.8) is 0 Å². The molecule has 1 N–H and O–H groups in total. The Bertz CT molecular complexity index is 1250. The molecule has 0 radical (unpaired) electrons. The van der Waals surface area contributed by atoms with E-state index in [9.17, 15) is 18.4 Å². The predicted molar refractivity (Wildman–Crippen MR) is 100 cm³/mol. The van der Waals surface area contributed by atoms with E-state index in [4.69, 9.17) is 0 Å². The largest absolute Gasteiger partial charge is 0.320 e. The highest BCUT2D eigenvalue weighted by molar-refractivity contribution is 5.89. The maximum atomic E-state index is 13.1. The van der Waals surface area contributed by atoms with E-state index in [1.165, 1.54) is 29.1 Å². The van der Waals surface area contributed by atoms with Gasteiger partial charge in [0.05, 0.1) is 17.6 Å². The molecule has 0 unspecified atom stereocenters. The number of alkyl halides is 2. The molecule has 0 spiro atoms. The molecule has 1 aromatic carbocycles. The first kappa shape index (κ1) is 17.7. The van der Waals surface area contributed by atoms with Gasteiger partial charge in [-0.3, -0.25) is 14.6 Å². The molecule has 0 aliphatic heterocycles. The predicted octanol–water partition coefficient (Wildman–Crippen LogP) is 3.13. The van der Waals surface area contributed by atoms with E-state index in [2.05, 4.69) is 15.1 Å². The van der Waals surface area contributed by atoms with Crippen LogP contribution < -0.4 is 11.1 Å². The molecule has 8 heteroatoms. The molecule has 4 aromatic rings. The number of hydrogen-bond donors (Lipinski definition) is 1. The van der Waals surface area contributed by atoms with Crippen LogP contribution in [-0.2, 0) is 6.54 Å². The molecule has 0 amide bonds. The van der Waals surface area contributed by atoms with E-state index in [0.717, 1.165) is 11.6 Å². The summed E-state index contributed by atoms with van der Waals surface area (Å²) in [6.45, 7) is 0.226. The lowest BCUT2D eigenvalue weighted by Gasteiger charge is -2.11. The SMILES string of the molecule is O=c1ccc2nn(Cc3ccccc3)c(=O)c(-c3ccc(C(F)F)nc3)c2[nH]1. The minimum Gasteiger partial charge on any atom is -0.320 e. The number of halogens is 2. The van der Waals surface area contributed by atoms with E-state index in [1.807, 2.05) is 30.3 Å². The first-order valence-electron chi connectivity index (χ1n) is 8.45. The van der Waals surface area contributed by atoms with Gasteiger partial charge >= 0.3 is 0 Å². The Balaban J connectivity index is 1.94. The van der Waals surface area contributed by atoms with Gasteiger partial charge in [0.2, 0.25) is 5.56 Å². The van der Waals surface area contributed by atoms with Gasteiger partial charge in [0.1, 0.15) is 11.2 Å². The van der Waals surface area contributed by atoms with Crippen LogP contribution in [0.1, 0.15) is 17.7 Å². The van der Waals surface area contributed by atoms with Crippen LogP contribution in [0.15, 0.2) is 70.4 Å². The van der Waals surface area contributed by atoms with Crippen molar-refractivity contribution >= 4 is 11.0 Å². The summed E-state index contributed by atoms with van der Waals surface area (Å²) < 4.78 is 26.9. The van der Waals surface area contributed by atoms with Crippen molar-refractivity contribution < 1.29 is 8.78 Å². The van der Waals surface area contributed by atoms with Crippen molar-refractivity contribution in [3.8, 4) is 11.1 Å². The molecule has 4 rings (SSSR count). The zero-order chi connectivity index (χ0) is 19.7. The molecule has 3 aromatic heterocycles. The second-order valence-corrected chi connectivity index (χ2v) is 6.18. The highest BCUT2D eigenvalue weighted by Gasteiger charge is 2.16. The zero-order valence-electron chi connectivity index (χ0n) is 14.5. The molecular weight excluding hydrogens is 366 g/mol. The van der Waals surface area contributed by atoms with Crippen LogP contribution in [0, 0.1) is 0 Å². The lowest BCUT2D eigenvalue weighted by atomic mass is 10.1. The summed E-state index contributed by atoms with van der Waals surface area (Å²) in [5.74, 6) is 0. The molecule has 3 heterocycles. The Hall–Kier alpha value is -3.68. The molecule has 0 bridgehead atoms. The maximum absolute atomic E-state index is 13.1. The van der Waals surface area contributed by atoms with Crippen LogP contribution in [0.4, 0.5) is 8.78 Å². The monoisotopic (exact) mass is 380 g/mol. The molecule has 6 nitrogen and oxygen atoms in total. The van der Waals surface area contributed by atoms with Crippen molar-refractivity contribution in [1.82, 2.24) is 19.7 Å². The summed E-state index contributed by atoms with van der Waals surface area (Å²) in [4.78, 5) is 31.3. The Morgan fingerprint density at radius 2 is 1.79 bits per heavy atom. The minimum atomic E-state index is -2.71. The van der Waals surface area contributed by atoms with Gasteiger partial charge < -0.3 is 4.98 Å². The van der Waals surface area contributed by atoms with E-state index >= 15 is 0 Å². The van der Waals surface area contributed by atoms with Gasteiger partial charge in [-0.15, -0.1) is 0 Å². The van der Waals surface area contributed by atoms with Gasteiger partial charge in [-0.2, -0.15) is 5.10 Å². The van der Waals surface area contributed by atoms with Gasteiger partial charge in [-0.25, -0.2) is 13.5 Å². The number of hydrogen-bond acceptors (Lipinski definition) is 4. The molecular formula is C20H14F2N4O2. The summed E-state index contributed by atoms with van der Waals surface area (Å²) in [6.07, 6.45) is -1.51. The van der Waals surface area contributed by atoms with E-state index in [1.54, 1.807) is 0 Å². The van der Waals surface area contributed by atoms with Crippen LogP contribution in [0.5, 0.6) is 0 Å². The van der Waals surface area contributed by atoms with Crippen molar-refractivity contribution in [1.29, 1.82) is 0 Å².